The molecule has 1 heterocycles. The Morgan fingerprint density at radius 1 is 1.20 bits per heavy atom. The number of carbonyl (C=O) groups is 2. The minimum atomic E-state index is -0.106. The molecule has 4 nitrogen and oxygen atoms in total. The zero-order valence-corrected chi connectivity index (χ0v) is 15.7. The molecule has 1 aliphatic rings. The van der Waals surface area contributed by atoms with E-state index in [4.69, 9.17) is 0 Å². The fraction of sp³-hybridized carbons (Fsp3) is 0.619. The van der Waals surface area contributed by atoms with Crippen LogP contribution in [0.2, 0.25) is 0 Å². The molecule has 0 aliphatic carbocycles. The zero-order chi connectivity index (χ0) is 18.1. The van der Waals surface area contributed by atoms with Crippen LogP contribution in [0.4, 0.5) is 0 Å². The van der Waals surface area contributed by atoms with Crippen molar-refractivity contribution in [3.63, 3.8) is 0 Å². The molecule has 1 fully saturated rings. The number of hydrogen-bond donors (Lipinski definition) is 1. The number of amides is 2. The SMILES string of the molecule is CCC(C)C(C(=O)NCCCN1CCCCCC1=O)c1ccccc1. The third kappa shape index (κ3) is 5.87. The predicted octanol–water partition coefficient (Wildman–Crippen LogP) is 3.73. The summed E-state index contributed by atoms with van der Waals surface area (Å²) < 4.78 is 0. The van der Waals surface area contributed by atoms with E-state index in [1.165, 1.54) is 0 Å². The lowest BCUT2D eigenvalue weighted by molar-refractivity contribution is -0.130. The summed E-state index contributed by atoms with van der Waals surface area (Å²) in [7, 11) is 0. The standard InChI is InChI=1S/C21H32N2O2/c1-3-17(2)20(18-11-6-4-7-12-18)21(25)22-14-10-16-23-15-9-5-8-13-19(23)24/h4,6-7,11-12,17,20H,3,5,8-10,13-16H2,1-2H3,(H,22,25). The maximum Gasteiger partial charge on any atom is 0.227 e. The van der Waals surface area contributed by atoms with Gasteiger partial charge in [-0.2, -0.15) is 0 Å². The van der Waals surface area contributed by atoms with Gasteiger partial charge in [-0.1, -0.05) is 57.0 Å². The van der Waals surface area contributed by atoms with Gasteiger partial charge in [-0.15, -0.1) is 0 Å². The molecule has 1 N–H and O–H groups in total. The van der Waals surface area contributed by atoms with Crippen molar-refractivity contribution in [3.05, 3.63) is 35.9 Å². The molecule has 4 heteroatoms. The summed E-state index contributed by atoms with van der Waals surface area (Å²) in [5.41, 5.74) is 1.08. The Labute approximate surface area is 152 Å². The average Bonchev–Trinajstić information content (AvgIpc) is 2.84. The van der Waals surface area contributed by atoms with Crippen molar-refractivity contribution in [2.24, 2.45) is 5.92 Å². The van der Waals surface area contributed by atoms with Gasteiger partial charge in [0.15, 0.2) is 0 Å². The van der Waals surface area contributed by atoms with Crippen LogP contribution in [-0.4, -0.2) is 36.3 Å². The number of carbonyl (C=O) groups excluding carboxylic acids is 2. The van der Waals surface area contributed by atoms with E-state index in [0.717, 1.165) is 50.8 Å². The smallest absolute Gasteiger partial charge is 0.227 e. The third-order valence-corrected chi connectivity index (χ3v) is 5.23. The van der Waals surface area contributed by atoms with E-state index in [9.17, 15) is 9.59 Å². The summed E-state index contributed by atoms with van der Waals surface area (Å²) in [4.78, 5) is 26.7. The third-order valence-electron chi connectivity index (χ3n) is 5.23. The van der Waals surface area contributed by atoms with Crippen molar-refractivity contribution in [3.8, 4) is 0 Å². The van der Waals surface area contributed by atoms with E-state index in [0.29, 0.717) is 18.9 Å². The van der Waals surface area contributed by atoms with Crippen LogP contribution in [0.3, 0.4) is 0 Å². The highest BCUT2D eigenvalue weighted by atomic mass is 16.2. The van der Waals surface area contributed by atoms with E-state index in [1.54, 1.807) is 0 Å². The highest BCUT2D eigenvalue weighted by Gasteiger charge is 2.25. The Hall–Kier alpha value is -1.84. The minimum absolute atomic E-state index is 0.0998. The van der Waals surface area contributed by atoms with E-state index < -0.39 is 0 Å². The summed E-state index contributed by atoms with van der Waals surface area (Å²) in [5, 5.41) is 3.09. The second-order valence-corrected chi connectivity index (χ2v) is 7.11. The first kappa shape index (κ1) is 19.5. The number of nitrogens with one attached hydrogen (secondary N) is 1. The normalized spacial score (nSPS) is 17.7. The van der Waals surface area contributed by atoms with Crippen molar-refractivity contribution in [2.75, 3.05) is 19.6 Å². The molecule has 2 unspecified atom stereocenters. The number of rotatable bonds is 8. The fourth-order valence-electron chi connectivity index (χ4n) is 3.50. The Balaban J connectivity index is 1.83. The summed E-state index contributed by atoms with van der Waals surface area (Å²) in [5.74, 6) is 0.564. The quantitative estimate of drug-likeness (QED) is 0.731. The van der Waals surface area contributed by atoms with Gasteiger partial charge in [0.05, 0.1) is 5.92 Å². The molecule has 0 aromatic heterocycles. The van der Waals surface area contributed by atoms with E-state index in [2.05, 4.69) is 19.2 Å². The van der Waals surface area contributed by atoms with E-state index >= 15 is 0 Å². The highest BCUT2D eigenvalue weighted by molar-refractivity contribution is 5.84. The lowest BCUT2D eigenvalue weighted by atomic mass is 9.85. The Morgan fingerprint density at radius 2 is 1.96 bits per heavy atom. The second kappa shape index (κ2) is 10.2. The van der Waals surface area contributed by atoms with Crippen LogP contribution in [0.1, 0.15) is 63.9 Å². The minimum Gasteiger partial charge on any atom is -0.355 e. The van der Waals surface area contributed by atoms with Crippen LogP contribution in [0, 0.1) is 5.92 Å². The van der Waals surface area contributed by atoms with Crippen LogP contribution in [0.5, 0.6) is 0 Å². The van der Waals surface area contributed by atoms with Crippen LogP contribution < -0.4 is 5.32 Å². The average molecular weight is 344 g/mol. The van der Waals surface area contributed by atoms with Crippen LogP contribution in [-0.2, 0) is 9.59 Å². The Kier molecular flexibility index (Phi) is 7.96. The van der Waals surface area contributed by atoms with Crippen molar-refractivity contribution < 1.29 is 9.59 Å². The van der Waals surface area contributed by atoms with Gasteiger partial charge in [0.1, 0.15) is 0 Å². The molecule has 2 amide bonds. The van der Waals surface area contributed by atoms with Crippen molar-refractivity contribution in [1.29, 1.82) is 0 Å². The van der Waals surface area contributed by atoms with Crippen LogP contribution in [0.15, 0.2) is 30.3 Å². The molecule has 1 aliphatic heterocycles. The molecule has 0 radical (unpaired) electrons. The summed E-state index contributed by atoms with van der Waals surface area (Å²) in [6, 6.07) is 10.0. The van der Waals surface area contributed by atoms with Gasteiger partial charge >= 0.3 is 0 Å². The van der Waals surface area contributed by atoms with E-state index in [-0.39, 0.29) is 17.7 Å². The van der Waals surface area contributed by atoms with Gasteiger partial charge in [-0.3, -0.25) is 9.59 Å². The Bertz CT molecular complexity index is 544. The molecule has 2 atom stereocenters. The lowest BCUT2D eigenvalue weighted by Crippen LogP contribution is -2.36. The Morgan fingerprint density at radius 3 is 2.68 bits per heavy atom. The summed E-state index contributed by atoms with van der Waals surface area (Å²) in [6.45, 7) is 6.50. The monoisotopic (exact) mass is 344 g/mol. The number of hydrogen-bond acceptors (Lipinski definition) is 2. The molecule has 0 saturated carbocycles. The van der Waals surface area contributed by atoms with E-state index in [1.807, 2.05) is 35.2 Å². The number of likely N-dealkylation sites (tertiary alicyclic amines) is 1. The maximum atomic E-state index is 12.7. The molecule has 1 aromatic carbocycles. The van der Waals surface area contributed by atoms with Gasteiger partial charge < -0.3 is 10.2 Å². The lowest BCUT2D eigenvalue weighted by Gasteiger charge is -2.24. The first-order valence-corrected chi connectivity index (χ1v) is 9.74. The first-order valence-electron chi connectivity index (χ1n) is 9.74. The molecule has 0 bridgehead atoms. The topological polar surface area (TPSA) is 49.4 Å². The van der Waals surface area contributed by atoms with Crippen LogP contribution >= 0.6 is 0 Å². The maximum absolute atomic E-state index is 12.7. The van der Waals surface area contributed by atoms with Crippen LogP contribution in [0.25, 0.3) is 0 Å². The van der Waals surface area contributed by atoms with Crippen molar-refractivity contribution >= 4 is 11.8 Å². The molecule has 1 saturated heterocycles. The van der Waals surface area contributed by atoms with Gasteiger partial charge in [-0.05, 0) is 30.7 Å². The first-order chi connectivity index (χ1) is 12.1. The van der Waals surface area contributed by atoms with Crippen molar-refractivity contribution in [2.45, 2.75) is 58.3 Å². The fourth-order valence-corrected chi connectivity index (χ4v) is 3.50. The van der Waals surface area contributed by atoms with Crippen molar-refractivity contribution in [1.82, 2.24) is 10.2 Å². The molecular weight excluding hydrogens is 312 g/mol. The largest absolute Gasteiger partial charge is 0.355 e. The zero-order valence-electron chi connectivity index (χ0n) is 15.7. The molecule has 0 spiro atoms. The molecule has 1 aromatic rings. The predicted molar refractivity (Wildman–Crippen MR) is 101 cm³/mol. The summed E-state index contributed by atoms with van der Waals surface area (Å²) in [6.07, 6.45) is 5.72. The van der Waals surface area contributed by atoms with Gasteiger partial charge in [0, 0.05) is 26.1 Å². The number of benzene rings is 1. The molecule has 25 heavy (non-hydrogen) atoms. The van der Waals surface area contributed by atoms with Gasteiger partial charge in [-0.25, -0.2) is 0 Å². The number of nitrogens with zero attached hydrogens (tertiary/aromatic N) is 1. The molecular formula is C21H32N2O2. The van der Waals surface area contributed by atoms with Gasteiger partial charge in [0.2, 0.25) is 11.8 Å². The molecule has 2 rings (SSSR count). The molecule has 138 valence electrons. The highest BCUT2D eigenvalue weighted by Crippen LogP contribution is 2.27. The summed E-state index contributed by atoms with van der Waals surface area (Å²) >= 11 is 0. The van der Waals surface area contributed by atoms with Gasteiger partial charge in [0.25, 0.3) is 0 Å². The second-order valence-electron chi connectivity index (χ2n) is 7.11.